The molecule has 0 atom stereocenters. The molecule has 0 saturated heterocycles. The Hall–Kier alpha value is -1.64. The molecule has 6 nitrogen and oxygen atoms in total. The maximum atomic E-state index is 12.7. The molecule has 0 fully saturated rings. The topological polar surface area (TPSA) is 84.5 Å². The van der Waals surface area contributed by atoms with Crippen molar-refractivity contribution in [1.29, 1.82) is 0 Å². The van der Waals surface area contributed by atoms with E-state index in [1.54, 1.807) is 24.3 Å². The van der Waals surface area contributed by atoms with E-state index in [1.807, 2.05) is 13.8 Å². The molecular weight excluding hydrogens is 423 g/mol. The molecule has 2 aromatic rings. The maximum absolute atomic E-state index is 12.7. The van der Waals surface area contributed by atoms with Gasteiger partial charge in [0.25, 0.3) is 5.91 Å². The molecule has 0 aliphatic rings. The predicted molar refractivity (Wildman–Crippen MR) is 110 cm³/mol. The van der Waals surface area contributed by atoms with E-state index in [1.165, 1.54) is 25.3 Å². The zero-order valence-corrected chi connectivity index (χ0v) is 18.1. The molecule has 0 saturated carbocycles. The molecule has 152 valence electrons. The van der Waals surface area contributed by atoms with Crippen LogP contribution in [0, 0.1) is 0 Å². The average molecular weight is 445 g/mol. The molecule has 2 N–H and O–H groups in total. The molecule has 0 aromatic heterocycles. The van der Waals surface area contributed by atoms with Gasteiger partial charge in [-0.05, 0) is 49.7 Å². The van der Waals surface area contributed by atoms with Gasteiger partial charge < -0.3 is 10.1 Å². The number of hydrogen-bond acceptors (Lipinski definition) is 4. The quantitative estimate of drug-likeness (QED) is 0.609. The molecule has 0 spiro atoms. The molecule has 9 heteroatoms. The summed E-state index contributed by atoms with van der Waals surface area (Å²) in [4.78, 5) is 12.7. The van der Waals surface area contributed by atoms with E-state index in [-0.39, 0.29) is 23.6 Å². The van der Waals surface area contributed by atoms with Crippen molar-refractivity contribution in [1.82, 2.24) is 10.0 Å². The first-order valence-corrected chi connectivity index (χ1v) is 10.7. The minimum atomic E-state index is -3.74. The van der Waals surface area contributed by atoms with E-state index in [4.69, 9.17) is 27.9 Å². The van der Waals surface area contributed by atoms with Crippen LogP contribution in [0.25, 0.3) is 0 Å². The highest BCUT2D eigenvalue weighted by molar-refractivity contribution is 7.89. The highest BCUT2D eigenvalue weighted by Gasteiger charge is 2.25. The summed E-state index contributed by atoms with van der Waals surface area (Å²) in [5, 5.41) is 3.70. The van der Waals surface area contributed by atoms with E-state index in [2.05, 4.69) is 10.0 Å². The Kier molecular flexibility index (Phi) is 7.47. The third-order valence-corrected chi connectivity index (χ3v) is 6.27. The van der Waals surface area contributed by atoms with Crippen molar-refractivity contribution >= 4 is 39.1 Å². The Morgan fingerprint density at radius 3 is 2.46 bits per heavy atom. The first-order chi connectivity index (χ1) is 13.1. The second-order valence-electron chi connectivity index (χ2n) is 6.63. The summed E-state index contributed by atoms with van der Waals surface area (Å²) < 4.78 is 31.9. The van der Waals surface area contributed by atoms with Crippen LogP contribution in [-0.4, -0.2) is 34.6 Å². The number of rotatable bonds is 8. The Morgan fingerprint density at radius 1 is 1.11 bits per heavy atom. The lowest BCUT2D eigenvalue weighted by Gasteiger charge is -2.27. The van der Waals surface area contributed by atoms with Crippen LogP contribution in [0.3, 0.4) is 0 Å². The molecule has 28 heavy (non-hydrogen) atoms. The van der Waals surface area contributed by atoms with Gasteiger partial charge in [-0.2, -0.15) is 0 Å². The summed E-state index contributed by atoms with van der Waals surface area (Å²) in [5.74, 6) is -0.412. The Morgan fingerprint density at radius 2 is 1.82 bits per heavy atom. The zero-order chi connectivity index (χ0) is 20.9. The average Bonchev–Trinajstić information content (AvgIpc) is 2.63. The molecule has 0 aliphatic heterocycles. The van der Waals surface area contributed by atoms with E-state index >= 15 is 0 Å². The van der Waals surface area contributed by atoms with E-state index in [0.29, 0.717) is 10.0 Å². The Bertz CT molecular complexity index is 962. The van der Waals surface area contributed by atoms with Gasteiger partial charge in [0.05, 0.1) is 27.1 Å². The summed E-state index contributed by atoms with van der Waals surface area (Å²) in [6.07, 6.45) is 0. The number of benzene rings is 2. The molecule has 0 radical (unpaired) electrons. The van der Waals surface area contributed by atoms with Gasteiger partial charge in [0.1, 0.15) is 0 Å². The molecule has 2 rings (SSSR count). The second kappa shape index (κ2) is 9.24. The van der Waals surface area contributed by atoms with Gasteiger partial charge in [0.15, 0.2) is 0 Å². The van der Waals surface area contributed by atoms with Gasteiger partial charge in [-0.1, -0.05) is 35.3 Å². The number of nitrogens with one attached hydrogen (secondary N) is 2. The SMILES string of the molecule is COCCNS(=O)(=O)c1cccc(C(=O)NC(C)(C)c2ccc(Cl)c(Cl)c2)c1. The summed E-state index contributed by atoms with van der Waals surface area (Å²) in [6.45, 7) is 4.02. The number of sulfonamides is 1. The molecule has 0 unspecified atom stereocenters. The number of amides is 1. The largest absolute Gasteiger partial charge is 0.383 e. The third-order valence-electron chi connectivity index (χ3n) is 4.07. The smallest absolute Gasteiger partial charge is 0.251 e. The van der Waals surface area contributed by atoms with Crippen LogP contribution in [0.2, 0.25) is 10.0 Å². The number of methoxy groups -OCH3 is 1. The normalized spacial score (nSPS) is 12.0. The van der Waals surface area contributed by atoms with Crippen molar-refractivity contribution in [3.63, 3.8) is 0 Å². The third kappa shape index (κ3) is 5.68. The fraction of sp³-hybridized carbons (Fsp3) is 0.316. The standard InChI is InChI=1S/C19H22Cl2N2O4S/c1-19(2,14-7-8-16(20)17(21)12-14)23-18(24)13-5-4-6-15(11-13)28(25,26)22-9-10-27-3/h4-8,11-12,22H,9-10H2,1-3H3,(H,23,24). The summed E-state index contributed by atoms with van der Waals surface area (Å²) in [6, 6.07) is 10.9. The van der Waals surface area contributed by atoms with Crippen molar-refractivity contribution in [3.05, 3.63) is 63.6 Å². The van der Waals surface area contributed by atoms with E-state index < -0.39 is 21.5 Å². The summed E-state index contributed by atoms with van der Waals surface area (Å²) in [5.41, 5.74) is 0.236. The first-order valence-electron chi connectivity index (χ1n) is 8.43. The van der Waals surface area contributed by atoms with Crippen LogP contribution in [0.4, 0.5) is 0 Å². The Labute approximate surface area is 175 Å². The molecule has 1 amide bonds. The highest BCUT2D eigenvalue weighted by Crippen LogP contribution is 2.28. The van der Waals surface area contributed by atoms with E-state index in [9.17, 15) is 13.2 Å². The monoisotopic (exact) mass is 444 g/mol. The van der Waals surface area contributed by atoms with Crippen LogP contribution >= 0.6 is 23.2 Å². The van der Waals surface area contributed by atoms with Crippen molar-refractivity contribution < 1.29 is 17.9 Å². The number of ether oxygens (including phenoxy) is 1. The zero-order valence-electron chi connectivity index (χ0n) is 15.8. The molecule has 2 aromatic carbocycles. The lowest BCUT2D eigenvalue weighted by molar-refractivity contribution is 0.0912. The first kappa shape index (κ1) is 22.6. The minimum absolute atomic E-state index is 0.00333. The predicted octanol–water partition coefficient (Wildman–Crippen LogP) is 3.58. The van der Waals surface area contributed by atoms with Gasteiger partial charge in [0, 0.05) is 19.2 Å². The van der Waals surface area contributed by atoms with Gasteiger partial charge in [-0.25, -0.2) is 13.1 Å². The Balaban J connectivity index is 2.21. The maximum Gasteiger partial charge on any atom is 0.251 e. The van der Waals surface area contributed by atoms with Crippen molar-refractivity contribution in [3.8, 4) is 0 Å². The van der Waals surface area contributed by atoms with Gasteiger partial charge >= 0.3 is 0 Å². The van der Waals surface area contributed by atoms with Crippen LogP contribution in [0.15, 0.2) is 47.4 Å². The van der Waals surface area contributed by atoms with E-state index in [0.717, 1.165) is 5.56 Å². The number of carbonyl (C=O) groups excluding carboxylic acids is 1. The number of carbonyl (C=O) groups is 1. The fourth-order valence-electron chi connectivity index (χ4n) is 2.48. The lowest BCUT2D eigenvalue weighted by atomic mass is 9.94. The lowest BCUT2D eigenvalue weighted by Crippen LogP contribution is -2.41. The van der Waals surface area contributed by atoms with Crippen LogP contribution in [0.5, 0.6) is 0 Å². The van der Waals surface area contributed by atoms with Gasteiger partial charge in [-0.15, -0.1) is 0 Å². The van der Waals surface area contributed by atoms with Crippen LogP contribution in [-0.2, 0) is 20.3 Å². The van der Waals surface area contributed by atoms with Gasteiger partial charge in [0.2, 0.25) is 10.0 Å². The van der Waals surface area contributed by atoms with Crippen molar-refractivity contribution in [2.24, 2.45) is 0 Å². The number of halogens is 2. The van der Waals surface area contributed by atoms with Crippen molar-refractivity contribution in [2.45, 2.75) is 24.3 Å². The highest BCUT2D eigenvalue weighted by atomic mass is 35.5. The molecule has 0 aliphatic carbocycles. The summed E-state index contributed by atoms with van der Waals surface area (Å²) >= 11 is 12.0. The minimum Gasteiger partial charge on any atom is -0.383 e. The molecule has 0 heterocycles. The summed E-state index contributed by atoms with van der Waals surface area (Å²) in [7, 11) is -2.26. The van der Waals surface area contributed by atoms with Crippen LogP contribution in [0.1, 0.15) is 29.8 Å². The van der Waals surface area contributed by atoms with Crippen molar-refractivity contribution in [2.75, 3.05) is 20.3 Å². The molecular formula is C19H22Cl2N2O4S. The second-order valence-corrected chi connectivity index (χ2v) is 9.21. The molecule has 0 bridgehead atoms. The van der Waals surface area contributed by atoms with Crippen LogP contribution < -0.4 is 10.0 Å². The number of hydrogen-bond donors (Lipinski definition) is 2. The fourth-order valence-corrected chi connectivity index (χ4v) is 3.84. The van der Waals surface area contributed by atoms with Gasteiger partial charge in [-0.3, -0.25) is 4.79 Å².